The minimum Gasteiger partial charge on any atom is -0.361 e. The topological polar surface area (TPSA) is 80.9 Å². The number of hydrogen-bond donors (Lipinski definition) is 1. The molecule has 1 N–H and O–H groups in total. The maximum absolute atomic E-state index is 12.2. The van der Waals surface area contributed by atoms with E-state index in [9.17, 15) is 4.79 Å². The molecule has 128 valence electrons. The number of carbonyl (C=O) groups excluding carboxylic acids is 1. The summed E-state index contributed by atoms with van der Waals surface area (Å²) < 4.78 is 5.08. The van der Waals surface area contributed by atoms with E-state index >= 15 is 0 Å². The standard InChI is InChI=1S/C19H20N4O2/c1-12-9-21-18(11-20-12)13(2)23-19(24)8-15-4-6-16(7-5-15)17-10-22-25-14(17)3/h4-7,9-11,13H,8H2,1-3H3,(H,23,24). The largest absolute Gasteiger partial charge is 0.361 e. The molecule has 2 aromatic heterocycles. The summed E-state index contributed by atoms with van der Waals surface area (Å²) in [6.45, 7) is 5.65. The first kappa shape index (κ1) is 16.8. The maximum Gasteiger partial charge on any atom is 0.224 e. The number of nitrogens with zero attached hydrogens (tertiary/aromatic N) is 3. The Hall–Kier alpha value is -3.02. The van der Waals surface area contributed by atoms with Gasteiger partial charge in [-0.1, -0.05) is 29.4 Å². The summed E-state index contributed by atoms with van der Waals surface area (Å²) in [6, 6.07) is 7.64. The number of aryl methyl sites for hydroxylation is 2. The molecule has 2 heterocycles. The molecule has 1 unspecified atom stereocenters. The average molecular weight is 336 g/mol. The molecule has 0 saturated carbocycles. The molecule has 0 aliphatic rings. The number of amides is 1. The third kappa shape index (κ3) is 4.09. The van der Waals surface area contributed by atoms with E-state index in [1.807, 2.05) is 45.0 Å². The van der Waals surface area contributed by atoms with Gasteiger partial charge in [-0.05, 0) is 31.9 Å². The summed E-state index contributed by atoms with van der Waals surface area (Å²) in [7, 11) is 0. The maximum atomic E-state index is 12.2. The second-order valence-corrected chi connectivity index (χ2v) is 6.04. The summed E-state index contributed by atoms with van der Waals surface area (Å²) >= 11 is 0. The number of carbonyl (C=O) groups is 1. The van der Waals surface area contributed by atoms with Crippen LogP contribution in [0.15, 0.2) is 47.4 Å². The Balaban J connectivity index is 1.61. The van der Waals surface area contributed by atoms with Crippen LogP contribution in [0.1, 0.15) is 35.7 Å². The predicted molar refractivity (Wildman–Crippen MR) is 93.7 cm³/mol. The fourth-order valence-electron chi connectivity index (χ4n) is 2.56. The summed E-state index contributed by atoms with van der Waals surface area (Å²) in [6.07, 6.45) is 5.40. The summed E-state index contributed by atoms with van der Waals surface area (Å²) in [5, 5.41) is 6.73. The van der Waals surface area contributed by atoms with Gasteiger partial charge in [-0.3, -0.25) is 14.8 Å². The molecule has 1 aromatic carbocycles. The summed E-state index contributed by atoms with van der Waals surface area (Å²) in [4.78, 5) is 20.7. The van der Waals surface area contributed by atoms with Crippen molar-refractivity contribution in [2.24, 2.45) is 0 Å². The highest BCUT2D eigenvalue weighted by Gasteiger charge is 2.12. The molecule has 6 nitrogen and oxygen atoms in total. The highest BCUT2D eigenvalue weighted by Crippen LogP contribution is 2.23. The Morgan fingerprint density at radius 1 is 1.12 bits per heavy atom. The first-order valence-electron chi connectivity index (χ1n) is 8.11. The Kier molecular flexibility index (Phi) is 4.88. The van der Waals surface area contributed by atoms with E-state index in [4.69, 9.17) is 4.52 Å². The summed E-state index contributed by atoms with van der Waals surface area (Å²) in [5.74, 6) is 0.724. The number of rotatable bonds is 5. The van der Waals surface area contributed by atoms with E-state index in [0.29, 0.717) is 6.42 Å². The molecule has 25 heavy (non-hydrogen) atoms. The molecule has 3 aromatic rings. The van der Waals surface area contributed by atoms with Crippen LogP contribution in [0, 0.1) is 13.8 Å². The number of aromatic nitrogens is 3. The van der Waals surface area contributed by atoms with Crippen LogP contribution in [-0.2, 0) is 11.2 Å². The van der Waals surface area contributed by atoms with Gasteiger partial charge in [0.05, 0.1) is 36.2 Å². The van der Waals surface area contributed by atoms with E-state index in [-0.39, 0.29) is 11.9 Å². The molecule has 0 aliphatic heterocycles. The monoisotopic (exact) mass is 336 g/mol. The van der Waals surface area contributed by atoms with Crippen molar-refractivity contribution in [1.29, 1.82) is 0 Å². The normalized spacial score (nSPS) is 12.0. The van der Waals surface area contributed by atoms with Gasteiger partial charge in [0.15, 0.2) is 0 Å². The van der Waals surface area contributed by atoms with Crippen LogP contribution in [0.5, 0.6) is 0 Å². The molecular formula is C19H20N4O2. The SMILES string of the molecule is Cc1cnc(C(C)NC(=O)Cc2ccc(-c3cnoc3C)cc2)cn1. The lowest BCUT2D eigenvalue weighted by atomic mass is 10.0. The van der Waals surface area contributed by atoms with Gasteiger partial charge in [-0.15, -0.1) is 0 Å². The van der Waals surface area contributed by atoms with E-state index in [1.54, 1.807) is 18.6 Å². The lowest BCUT2D eigenvalue weighted by Crippen LogP contribution is -2.28. The number of nitrogens with one attached hydrogen (secondary N) is 1. The second kappa shape index (κ2) is 7.25. The first-order chi connectivity index (χ1) is 12.0. The Morgan fingerprint density at radius 3 is 2.48 bits per heavy atom. The lowest BCUT2D eigenvalue weighted by Gasteiger charge is -2.13. The Bertz CT molecular complexity index is 854. The number of benzene rings is 1. The first-order valence-corrected chi connectivity index (χ1v) is 8.11. The molecule has 0 fully saturated rings. The second-order valence-electron chi connectivity index (χ2n) is 6.04. The average Bonchev–Trinajstić information content (AvgIpc) is 3.02. The van der Waals surface area contributed by atoms with Gasteiger partial charge in [0.2, 0.25) is 5.91 Å². The summed E-state index contributed by atoms with van der Waals surface area (Å²) in [5.41, 5.74) is 4.52. The molecule has 0 saturated heterocycles. The van der Waals surface area contributed by atoms with Crippen molar-refractivity contribution in [3.05, 3.63) is 65.6 Å². The molecule has 1 atom stereocenters. The molecule has 1 amide bonds. The van der Waals surface area contributed by atoms with Gasteiger partial charge >= 0.3 is 0 Å². The van der Waals surface area contributed by atoms with Gasteiger partial charge < -0.3 is 9.84 Å². The Morgan fingerprint density at radius 2 is 1.88 bits per heavy atom. The zero-order valence-electron chi connectivity index (χ0n) is 14.5. The van der Waals surface area contributed by atoms with E-state index in [0.717, 1.165) is 33.8 Å². The molecular weight excluding hydrogens is 316 g/mol. The molecule has 0 aliphatic carbocycles. The third-order valence-corrected chi connectivity index (χ3v) is 4.00. The fourth-order valence-corrected chi connectivity index (χ4v) is 2.56. The van der Waals surface area contributed by atoms with Crippen molar-refractivity contribution < 1.29 is 9.32 Å². The fraction of sp³-hybridized carbons (Fsp3) is 0.263. The molecule has 6 heteroatoms. The van der Waals surface area contributed by atoms with Gasteiger partial charge in [0.1, 0.15) is 5.76 Å². The van der Waals surface area contributed by atoms with Gasteiger partial charge in [-0.25, -0.2) is 0 Å². The quantitative estimate of drug-likeness (QED) is 0.774. The van der Waals surface area contributed by atoms with Crippen LogP contribution in [0.25, 0.3) is 11.1 Å². The highest BCUT2D eigenvalue weighted by atomic mass is 16.5. The van der Waals surface area contributed by atoms with E-state index < -0.39 is 0 Å². The molecule has 3 rings (SSSR count). The van der Waals surface area contributed by atoms with Crippen molar-refractivity contribution in [2.75, 3.05) is 0 Å². The van der Waals surface area contributed by atoms with Crippen LogP contribution in [-0.4, -0.2) is 21.0 Å². The molecule has 0 radical (unpaired) electrons. The van der Waals surface area contributed by atoms with Crippen LogP contribution in [0.2, 0.25) is 0 Å². The van der Waals surface area contributed by atoms with Crippen LogP contribution in [0.4, 0.5) is 0 Å². The van der Waals surface area contributed by atoms with Gasteiger partial charge in [-0.2, -0.15) is 0 Å². The van der Waals surface area contributed by atoms with Crippen molar-refractivity contribution in [3.8, 4) is 11.1 Å². The van der Waals surface area contributed by atoms with Crippen LogP contribution < -0.4 is 5.32 Å². The molecule has 0 spiro atoms. The zero-order chi connectivity index (χ0) is 17.8. The Labute approximate surface area is 146 Å². The zero-order valence-corrected chi connectivity index (χ0v) is 14.5. The van der Waals surface area contributed by atoms with Crippen LogP contribution >= 0.6 is 0 Å². The third-order valence-electron chi connectivity index (χ3n) is 4.00. The van der Waals surface area contributed by atoms with Crippen molar-refractivity contribution in [1.82, 2.24) is 20.4 Å². The van der Waals surface area contributed by atoms with Gasteiger partial charge in [0.25, 0.3) is 0 Å². The van der Waals surface area contributed by atoms with E-state index in [2.05, 4.69) is 20.4 Å². The number of hydrogen-bond acceptors (Lipinski definition) is 5. The van der Waals surface area contributed by atoms with Crippen molar-refractivity contribution >= 4 is 5.91 Å². The minimum absolute atomic E-state index is 0.0521. The van der Waals surface area contributed by atoms with Crippen molar-refractivity contribution in [2.45, 2.75) is 33.2 Å². The predicted octanol–water partition coefficient (Wildman–Crippen LogP) is 3.17. The smallest absolute Gasteiger partial charge is 0.224 e. The van der Waals surface area contributed by atoms with Gasteiger partial charge in [0, 0.05) is 11.8 Å². The van der Waals surface area contributed by atoms with Crippen molar-refractivity contribution in [3.63, 3.8) is 0 Å². The lowest BCUT2D eigenvalue weighted by molar-refractivity contribution is -0.121. The van der Waals surface area contributed by atoms with Crippen LogP contribution in [0.3, 0.4) is 0 Å². The highest BCUT2D eigenvalue weighted by molar-refractivity contribution is 5.79. The van der Waals surface area contributed by atoms with E-state index in [1.165, 1.54) is 0 Å². The minimum atomic E-state index is -0.181. The molecule has 0 bridgehead atoms.